The third-order valence-corrected chi connectivity index (χ3v) is 6.20. The van der Waals surface area contributed by atoms with Gasteiger partial charge in [-0.3, -0.25) is 4.79 Å². The maximum absolute atomic E-state index is 13.5. The van der Waals surface area contributed by atoms with E-state index in [0.717, 1.165) is 5.71 Å². The molecule has 1 aliphatic heterocycles. The Hall–Kier alpha value is -2.37. The highest BCUT2D eigenvalue weighted by Gasteiger charge is 2.37. The molecule has 4 nitrogen and oxygen atoms in total. The van der Waals surface area contributed by atoms with Crippen LogP contribution in [0.15, 0.2) is 35.5 Å². The molecule has 0 atom stereocenters. The van der Waals surface area contributed by atoms with E-state index in [0.29, 0.717) is 43.0 Å². The molecule has 2 heterocycles. The molecule has 2 aromatic rings. The van der Waals surface area contributed by atoms with Crippen molar-refractivity contribution in [3.63, 3.8) is 0 Å². The smallest absolute Gasteiger partial charge is 0.248 e. The molecule has 2 aliphatic carbocycles. The monoisotopic (exact) mass is 383 g/mol. The summed E-state index contributed by atoms with van der Waals surface area (Å²) in [6.07, 6.45) is 5.44. The molecule has 0 N–H and O–H groups in total. The van der Waals surface area contributed by atoms with E-state index in [-0.39, 0.29) is 24.7 Å². The first-order chi connectivity index (χ1) is 13.5. The average Bonchev–Trinajstić information content (AvgIpc) is 3.42. The number of carbonyl (C=O) groups excluding carboxylic acids is 1. The van der Waals surface area contributed by atoms with E-state index in [9.17, 15) is 13.6 Å². The van der Waals surface area contributed by atoms with Crippen molar-refractivity contribution in [2.45, 2.75) is 69.2 Å². The predicted octanol–water partition coefficient (Wildman–Crippen LogP) is 5.41. The molecular weight excluding hydrogens is 360 g/mol. The first-order valence-corrected chi connectivity index (χ1v) is 10.1. The van der Waals surface area contributed by atoms with E-state index in [1.165, 1.54) is 24.0 Å². The number of hydrogen-bond acceptors (Lipinski definition) is 3. The van der Waals surface area contributed by atoms with E-state index < -0.39 is 5.92 Å². The predicted molar refractivity (Wildman–Crippen MR) is 103 cm³/mol. The minimum Gasteiger partial charge on any atom is -0.294 e. The number of carbonyl (C=O) groups is 1. The van der Waals surface area contributed by atoms with E-state index in [1.807, 2.05) is 6.07 Å². The molecule has 1 aromatic carbocycles. The fourth-order valence-electron chi connectivity index (χ4n) is 4.48. The molecule has 28 heavy (non-hydrogen) atoms. The Morgan fingerprint density at radius 3 is 2.61 bits per heavy atom. The number of aromatic nitrogens is 2. The number of aliphatic imine (C=N–C) groups is 1. The van der Waals surface area contributed by atoms with Gasteiger partial charge in [0.25, 0.3) is 0 Å². The Labute approximate surface area is 162 Å². The van der Waals surface area contributed by atoms with Crippen molar-refractivity contribution in [1.29, 1.82) is 0 Å². The maximum Gasteiger partial charge on any atom is 0.248 e. The van der Waals surface area contributed by atoms with Crippen LogP contribution in [0.5, 0.6) is 0 Å². The van der Waals surface area contributed by atoms with Crippen LogP contribution in [0.4, 0.5) is 14.6 Å². The third-order valence-electron chi connectivity index (χ3n) is 6.20. The average molecular weight is 383 g/mol. The standard InChI is InChI=1S/C22H23F2N3O/c23-22(24)9-7-17(8-10-22)27-21-19(13-25-27)20(28)12-16(26-21)11-15-3-1-2-4-18(15)14-5-6-14/h1-4,13-14,17H,5-12H2. The number of fused-ring (bicyclic) bond motifs is 1. The second kappa shape index (κ2) is 6.61. The molecule has 5 rings (SSSR count). The normalized spacial score (nSPS) is 22.1. The lowest BCUT2D eigenvalue weighted by atomic mass is 9.92. The Bertz CT molecular complexity index is 948. The van der Waals surface area contributed by atoms with Crippen molar-refractivity contribution >= 4 is 17.3 Å². The third kappa shape index (κ3) is 3.29. The molecule has 0 bridgehead atoms. The summed E-state index contributed by atoms with van der Waals surface area (Å²) in [5.74, 6) is -1.36. The zero-order valence-corrected chi connectivity index (χ0v) is 15.7. The van der Waals surface area contributed by atoms with Crippen LogP contribution in [0.25, 0.3) is 0 Å². The van der Waals surface area contributed by atoms with Gasteiger partial charge in [0, 0.05) is 25.0 Å². The number of alkyl halides is 2. The Balaban J connectivity index is 1.43. The number of ketones is 1. The van der Waals surface area contributed by atoms with Gasteiger partial charge >= 0.3 is 0 Å². The number of nitrogens with zero attached hydrogens (tertiary/aromatic N) is 3. The number of Topliss-reactive ketones (excluding diaryl/α,β-unsaturated/α-hetero) is 1. The Morgan fingerprint density at radius 1 is 1.11 bits per heavy atom. The van der Waals surface area contributed by atoms with E-state index >= 15 is 0 Å². The van der Waals surface area contributed by atoms with Crippen LogP contribution in [0.1, 0.15) is 78.4 Å². The van der Waals surface area contributed by atoms with Gasteiger partial charge in [-0.05, 0) is 42.7 Å². The zero-order valence-electron chi connectivity index (χ0n) is 15.7. The van der Waals surface area contributed by atoms with Crippen LogP contribution in [0.3, 0.4) is 0 Å². The van der Waals surface area contributed by atoms with Gasteiger partial charge in [-0.25, -0.2) is 18.5 Å². The molecule has 0 radical (unpaired) electrons. The number of rotatable bonds is 4. The molecule has 0 spiro atoms. The second-order valence-corrected chi connectivity index (χ2v) is 8.34. The molecule has 0 unspecified atom stereocenters. The van der Waals surface area contributed by atoms with Crippen molar-refractivity contribution in [3.8, 4) is 0 Å². The minimum absolute atomic E-state index is 0.0243. The summed E-state index contributed by atoms with van der Waals surface area (Å²) in [4.78, 5) is 17.5. The van der Waals surface area contributed by atoms with Crippen LogP contribution >= 0.6 is 0 Å². The minimum atomic E-state index is -2.58. The lowest BCUT2D eigenvalue weighted by molar-refractivity contribution is -0.0448. The van der Waals surface area contributed by atoms with Crippen molar-refractivity contribution in [2.24, 2.45) is 4.99 Å². The van der Waals surface area contributed by atoms with Crippen molar-refractivity contribution < 1.29 is 13.6 Å². The summed E-state index contributed by atoms with van der Waals surface area (Å²) in [6.45, 7) is 0. The van der Waals surface area contributed by atoms with Crippen LogP contribution in [-0.2, 0) is 6.42 Å². The summed E-state index contributed by atoms with van der Waals surface area (Å²) in [5.41, 5.74) is 3.97. The largest absolute Gasteiger partial charge is 0.294 e. The SMILES string of the molecule is O=C1CC(Cc2ccccc2C2CC2)=Nc2c1cnn2C1CCC(F)(F)CC1. The summed E-state index contributed by atoms with van der Waals surface area (Å²) in [6, 6.07) is 8.28. The van der Waals surface area contributed by atoms with Crippen LogP contribution in [-0.4, -0.2) is 27.2 Å². The molecule has 0 amide bonds. The van der Waals surface area contributed by atoms with Gasteiger partial charge in [0.15, 0.2) is 11.6 Å². The molecule has 146 valence electrons. The lowest BCUT2D eigenvalue weighted by Gasteiger charge is -2.29. The molecule has 3 aliphatic rings. The highest BCUT2D eigenvalue weighted by molar-refractivity contribution is 6.15. The summed E-state index contributed by atoms with van der Waals surface area (Å²) in [7, 11) is 0. The second-order valence-electron chi connectivity index (χ2n) is 8.34. The first kappa shape index (κ1) is 17.7. The number of halogens is 2. The Kier molecular flexibility index (Phi) is 4.18. The maximum atomic E-state index is 13.5. The van der Waals surface area contributed by atoms with Crippen LogP contribution in [0, 0.1) is 0 Å². The van der Waals surface area contributed by atoms with Gasteiger partial charge in [0.2, 0.25) is 5.92 Å². The first-order valence-electron chi connectivity index (χ1n) is 10.1. The molecule has 0 saturated heterocycles. The quantitative estimate of drug-likeness (QED) is 0.708. The van der Waals surface area contributed by atoms with Crippen LogP contribution < -0.4 is 0 Å². The summed E-state index contributed by atoms with van der Waals surface area (Å²) >= 11 is 0. The van der Waals surface area contributed by atoms with Gasteiger partial charge in [-0.15, -0.1) is 0 Å². The van der Waals surface area contributed by atoms with E-state index in [1.54, 1.807) is 10.9 Å². The topological polar surface area (TPSA) is 47.2 Å². The van der Waals surface area contributed by atoms with Gasteiger partial charge in [-0.2, -0.15) is 5.10 Å². The molecule has 6 heteroatoms. The van der Waals surface area contributed by atoms with Crippen molar-refractivity contribution in [2.75, 3.05) is 0 Å². The Morgan fingerprint density at radius 2 is 1.86 bits per heavy atom. The molecule has 2 saturated carbocycles. The summed E-state index contributed by atoms with van der Waals surface area (Å²) in [5, 5.41) is 4.36. The number of hydrogen-bond donors (Lipinski definition) is 0. The highest BCUT2D eigenvalue weighted by atomic mass is 19.3. The van der Waals surface area contributed by atoms with Crippen LogP contribution in [0.2, 0.25) is 0 Å². The van der Waals surface area contributed by atoms with Gasteiger partial charge in [-0.1, -0.05) is 24.3 Å². The van der Waals surface area contributed by atoms with Gasteiger partial charge in [0.1, 0.15) is 0 Å². The van der Waals surface area contributed by atoms with Gasteiger partial charge < -0.3 is 0 Å². The van der Waals surface area contributed by atoms with E-state index in [2.05, 4.69) is 23.3 Å². The fraction of sp³-hybridized carbons (Fsp3) is 0.500. The van der Waals surface area contributed by atoms with Crippen molar-refractivity contribution in [3.05, 3.63) is 47.2 Å². The van der Waals surface area contributed by atoms with E-state index in [4.69, 9.17) is 4.99 Å². The molecular formula is C22H23F2N3O. The highest BCUT2D eigenvalue weighted by Crippen LogP contribution is 2.43. The summed E-state index contributed by atoms with van der Waals surface area (Å²) < 4.78 is 28.8. The zero-order chi connectivity index (χ0) is 19.3. The molecule has 2 fully saturated rings. The van der Waals surface area contributed by atoms with Gasteiger partial charge in [0.05, 0.1) is 24.2 Å². The van der Waals surface area contributed by atoms with Crippen molar-refractivity contribution in [1.82, 2.24) is 9.78 Å². The number of benzene rings is 1. The lowest BCUT2D eigenvalue weighted by Crippen LogP contribution is -2.27. The molecule has 1 aromatic heterocycles. The fourth-order valence-corrected chi connectivity index (χ4v) is 4.48.